The number of pyridine rings is 1. The van der Waals surface area contributed by atoms with E-state index >= 15 is 0 Å². The largest absolute Gasteiger partial charge is 0.352 e. The zero-order valence-corrected chi connectivity index (χ0v) is 14.4. The van der Waals surface area contributed by atoms with Crippen LogP contribution >= 0.6 is 0 Å². The van der Waals surface area contributed by atoms with Crippen molar-refractivity contribution < 1.29 is 9.18 Å². The summed E-state index contributed by atoms with van der Waals surface area (Å²) in [4.78, 5) is 16.4. The predicted molar refractivity (Wildman–Crippen MR) is 101 cm³/mol. The number of aromatic nitrogens is 1. The van der Waals surface area contributed by atoms with Crippen LogP contribution in [0.15, 0.2) is 66.9 Å². The third-order valence-corrected chi connectivity index (χ3v) is 3.90. The van der Waals surface area contributed by atoms with Gasteiger partial charge in [-0.3, -0.25) is 4.79 Å². The summed E-state index contributed by atoms with van der Waals surface area (Å²) in [6.07, 6.45) is 2.11. The SMILES string of the molecule is N#Cc1cccc(Nc2ccc(C(=O)NCCc3ccc(F)cc3)cn2)c1. The average molecular weight is 360 g/mol. The van der Waals surface area contributed by atoms with Crippen molar-refractivity contribution in [1.29, 1.82) is 5.26 Å². The molecule has 0 saturated heterocycles. The number of carbonyl (C=O) groups is 1. The molecular formula is C21H17FN4O. The van der Waals surface area contributed by atoms with Crippen molar-refractivity contribution in [1.82, 2.24) is 10.3 Å². The quantitative estimate of drug-likeness (QED) is 0.701. The van der Waals surface area contributed by atoms with Crippen molar-refractivity contribution in [3.05, 3.63) is 89.4 Å². The molecule has 0 atom stereocenters. The first kappa shape index (κ1) is 18.1. The number of halogens is 1. The molecule has 2 aromatic carbocycles. The van der Waals surface area contributed by atoms with Crippen molar-refractivity contribution in [2.24, 2.45) is 0 Å². The Hall–Kier alpha value is -3.72. The molecule has 0 saturated carbocycles. The van der Waals surface area contributed by atoms with E-state index in [2.05, 4.69) is 21.7 Å². The highest BCUT2D eigenvalue weighted by atomic mass is 19.1. The molecule has 3 aromatic rings. The van der Waals surface area contributed by atoms with E-state index < -0.39 is 0 Å². The van der Waals surface area contributed by atoms with Gasteiger partial charge in [0.25, 0.3) is 5.91 Å². The Balaban J connectivity index is 1.53. The normalized spacial score (nSPS) is 10.1. The molecule has 0 aliphatic rings. The Morgan fingerprint density at radius 2 is 1.93 bits per heavy atom. The van der Waals surface area contributed by atoms with Crippen LogP contribution in [0.1, 0.15) is 21.5 Å². The first-order chi connectivity index (χ1) is 13.1. The van der Waals surface area contributed by atoms with Crippen LogP contribution in [0.3, 0.4) is 0 Å². The average Bonchev–Trinajstić information content (AvgIpc) is 2.70. The van der Waals surface area contributed by atoms with Gasteiger partial charge in [-0.1, -0.05) is 18.2 Å². The third kappa shape index (κ3) is 5.13. The molecule has 0 unspecified atom stereocenters. The Labute approximate surface area is 156 Å². The van der Waals surface area contributed by atoms with Crippen LogP contribution < -0.4 is 10.6 Å². The van der Waals surface area contributed by atoms with E-state index in [1.54, 1.807) is 42.5 Å². The molecule has 0 aliphatic heterocycles. The number of rotatable bonds is 6. The maximum Gasteiger partial charge on any atom is 0.252 e. The summed E-state index contributed by atoms with van der Waals surface area (Å²) in [5.41, 5.74) is 2.70. The third-order valence-electron chi connectivity index (χ3n) is 3.90. The van der Waals surface area contributed by atoms with Crippen molar-refractivity contribution >= 4 is 17.4 Å². The number of amides is 1. The Bertz CT molecular complexity index is 963. The highest BCUT2D eigenvalue weighted by molar-refractivity contribution is 5.94. The summed E-state index contributed by atoms with van der Waals surface area (Å²) in [7, 11) is 0. The summed E-state index contributed by atoms with van der Waals surface area (Å²) < 4.78 is 12.9. The maximum atomic E-state index is 12.9. The molecule has 6 heteroatoms. The Morgan fingerprint density at radius 1 is 1.11 bits per heavy atom. The van der Waals surface area contributed by atoms with Gasteiger partial charge >= 0.3 is 0 Å². The molecule has 0 spiro atoms. The monoisotopic (exact) mass is 360 g/mol. The van der Waals surface area contributed by atoms with Gasteiger partial charge in [0.05, 0.1) is 17.2 Å². The van der Waals surface area contributed by atoms with E-state index in [-0.39, 0.29) is 11.7 Å². The van der Waals surface area contributed by atoms with E-state index in [9.17, 15) is 9.18 Å². The van der Waals surface area contributed by atoms with Crippen LogP contribution in [-0.4, -0.2) is 17.4 Å². The summed E-state index contributed by atoms with van der Waals surface area (Å²) in [6, 6.07) is 18.7. The fraction of sp³-hybridized carbons (Fsp3) is 0.0952. The number of nitrogens with one attached hydrogen (secondary N) is 2. The molecule has 5 nitrogen and oxygen atoms in total. The molecule has 1 aromatic heterocycles. The van der Waals surface area contributed by atoms with E-state index in [4.69, 9.17) is 5.26 Å². The van der Waals surface area contributed by atoms with Crippen LogP contribution in [0.5, 0.6) is 0 Å². The van der Waals surface area contributed by atoms with Crippen LogP contribution in [0.4, 0.5) is 15.9 Å². The molecule has 0 fully saturated rings. The molecular weight excluding hydrogens is 343 g/mol. The van der Waals surface area contributed by atoms with Gasteiger partial charge in [0.15, 0.2) is 0 Å². The molecule has 0 bridgehead atoms. The first-order valence-corrected chi connectivity index (χ1v) is 8.40. The van der Waals surface area contributed by atoms with Gasteiger partial charge in [0.2, 0.25) is 0 Å². The fourth-order valence-corrected chi connectivity index (χ4v) is 2.49. The number of hydrogen-bond acceptors (Lipinski definition) is 4. The standard InChI is InChI=1S/C21H17FN4O/c22-18-7-4-15(5-8-18)10-11-24-21(27)17-6-9-20(25-14-17)26-19-3-1-2-16(12-19)13-23/h1-9,12,14H,10-11H2,(H,24,27)(H,25,26). The lowest BCUT2D eigenvalue weighted by atomic mass is 10.1. The summed E-state index contributed by atoms with van der Waals surface area (Å²) in [5, 5.41) is 14.8. The summed E-state index contributed by atoms with van der Waals surface area (Å²) >= 11 is 0. The zero-order chi connectivity index (χ0) is 19.1. The van der Waals surface area contributed by atoms with E-state index in [1.807, 2.05) is 6.07 Å². The van der Waals surface area contributed by atoms with Gasteiger partial charge in [0, 0.05) is 18.4 Å². The highest BCUT2D eigenvalue weighted by Gasteiger charge is 2.06. The van der Waals surface area contributed by atoms with Crippen LogP contribution in [0, 0.1) is 17.1 Å². The maximum absolute atomic E-state index is 12.9. The molecule has 0 radical (unpaired) electrons. The topological polar surface area (TPSA) is 77.8 Å². The Kier molecular flexibility index (Phi) is 5.75. The van der Waals surface area contributed by atoms with Gasteiger partial charge in [-0.25, -0.2) is 9.37 Å². The molecule has 27 heavy (non-hydrogen) atoms. The molecule has 134 valence electrons. The van der Waals surface area contributed by atoms with Gasteiger partial charge in [-0.2, -0.15) is 5.26 Å². The van der Waals surface area contributed by atoms with Gasteiger partial charge in [-0.05, 0) is 54.4 Å². The number of carbonyl (C=O) groups excluding carboxylic acids is 1. The van der Waals surface area contributed by atoms with Gasteiger partial charge < -0.3 is 10.6 Å². The lowest BCUT2D eigenvalue weighted by Gasteiger charge is -2.08. The van der Waals surface area contributed by atoms with Crippen molar-refractivity contribution in [2.75, 3.05) is 11.9 Å². The van der Waals surface area contributed by atoms with Crippen molar-refractivity contribution in [3.8, 4) is 6.07 Å². The minimum atomic E-state index is -0.276. The number of benzene rings is 2. The smallest absolute Gasteiger partial charge is 0.252 e. The van der Waals surface area contributed by atoms with E-state index in [0.717, 1.165) is 11.3 Å². The molecule has 0 aliphatic carbocycles. The number of nitriles is 1. The molecule has 1 heterocycles. The minimum absolute atomic E-state index is 0.220. The summed E-state index contributed by atoms with van der Waals surface area (Å²) in [5.74, 6) is 0.0810. The van der Waals surface area contributed by atoms with Gasteiger partial charge in [-0.15, -0.1) is 0 Å². The highest BCUT2D eigenvalue weighted by Crippen LogP contribution is 2.16. The van der Waals surface area contributed by atoms with Crippen molar-refractivity contribution in [3.63, 3.8) is 0 Å². The molecule has 2 N–H and O–H groups in total. The summed E-state index contributed by atoms with van der Waals surface area (Å²) in [6.45, 7) is 0.450. The van der Waals surface area contributed by atoms with E-state index in [1.165, 1.54) is 18.3 Å². The predicted octanol–water partition coefficient (Wildman–Crippen LogP) is 3.81. The van der Waals surface area contributed by atoms with Crippen LogP contribution in [-0.2, 0) is 6.42 Å². The Morgan fingerprint density at radius 3 is 2.63 bits per heavy atom. The first-order valence-electron chi connectivity index (χ1n) is 8.40. The fourth-order valence-electron chi connectivity index (χ4n) is 2.49. The lowest BCUT2D eigenvalue weighted by Crippen LogP contribution is -2.25. The van der Waals surface area contributed by atoms with Crippen molar-refractivity contribution in [2.45, 2.75) is 6.42 Å². The minimum Gasteiger partial charge on any atom is -0.352 e. The van der Waals surface area contributed by atoms with E-state index in [0.29, 0.717) is 29.9 Å². The molecule has 3 rings (SSSR count). The second-order valence-corrected chi connectivity index (χ2v) is 5.88. The second kappa shape index (κ2) is 8.59. The number of nitrogens with zero attached hydrogens (tertiary/aromatic N) is 2. The number of anilines is 2. The lowest BCUT2D eigenvalue weighted by molar-refractivity contribution is 0.0954. The van der Waals surface area contributed by atoms with Crippen LogP contribution in [0.25, 0.3) is 0 Å². The zero-order valence-electron chi connectivity index (χ0n) is 14.4. The van der Waals surface area contributed by atoms with Crippen LogP contribution in [0.2, 0.25) is 0 Å². The molecule has 1 amide bonds. The van der Waals surface area contributed by atoms with Gasteiger partial charge in [0.1, 0.15) is 11.6 Å². The second-order valence-electron chi connectivity index (χ2n) is 5.88. The number of hydrogen-bond donors (Lipinski definition) is 2.